The Balaban J connectivity index is 2.71. The molecule has 1 N–H and O–H groups in total. The maximum atomic E-state index is 12.1. The van der Waals surface area contributed by atoms with Crippen molar-refractivity contribution in [3.63, 3.8) is 0 Å². The first-order chi connectivity index (χ1) is 11.8. The molecule has 1 amide bonds. The van der Waals surface area contributed by atoms with Crippen LogP contribution >= 0.6 is 0 Å². The van der Waals surface area contributed by atoms with Crippen molar-refractivity contribution < 1.29 is 28.6 Å². The van der Waals surface area contributed by atoms with E-state index in [0.717, 1.165) is 0 Å². The fourth-order valence-corrected chi connectivity index (χ4v) is 2.21. The highest BCUT2D eigenvalue weighted by molar-refractivity contribution is 5.94. The molecule has 0 saturated carbocycles. The fourth-order valence-electron chi connectivity index (χ4n) is 2.21. The Kier molecular flexibility index (Phi) is 7.91. The van der Waals surface area contributed by atoms with Gasteiger partial charge in [-0.25, -0.2) is 4.79 Å². The van der Waals surface area contributed by atoms with Crippen LogP contribution in [0, 0.1) is 5.92 Å². The van der Waals surface area contributed by atoms with Gasteiger partial charge in [0.15, 0.2) is 23.9 Å². The number of ketones is 1. The van der Waals surface area contributed by atoms with Crippen LogP contribution < -0.4 is 14.8 Å². The van der Waals surface area contributed by atoms with Gasteiger partial charge in [-0.15, -0.1) is 0 Å². The number of hydrogen-bond donors (Lipinski definition) is 1. The number of amides is 1. The second-order valence-corrected chi connectivity index (χ2v) is 5.98. The zero-order valence-corrected chi connectivity index (χ0v) is 15.3. The molecule has 0 saturated heterocycles. The van der Waals surface area contributed by atoms with Crippen LogP contribution in [0.5, 0.6) is 11.5 Å². The summed E-state index contributed by atoms with van der Waals surface area (Å²) >= 11 is 0. The zero-order chi connectivity index (χ0) is 19.0. The van der Waals surface area contributed by atoms with Gasteiger partial charge in [0.2, 0.25) is 0 Å². The number of rotatable bonds is 9. The number of carbonyl (C=O) groups is 3. The first-order valence-electron chi connectivity index (χ1n) is 7.97. The van der Waals surface area contributed by atoms with Crippen molar-refractivity contribution in [2.45, 2.75) is 33.2 Å². The summed E-state index contributed by atoms with van der Waals surface area (Å²) in [7, 11) is 2.72. The molecule has 0 unspecified atom stereocenters. The third kappa shape index (κ3) is 6.45. The van der Waals surface area contributed by atoms with Crippen LogP contribution in [-0.2, 0) is 14.3 Å². The SMILES string of the molecule is COC(=O)[C@@H](CC(C)C)NC(=O)COc1ccc(C(C)=O)cc1OC. The smallest absolute Gasteiger partial charge is 0.328 e. The predicted octanol–water partition coefficient (Wildman–Crippen LogP) is 1.98. The first-order valence-corrected chi connectivity index (χ1v) is 7.97. The lowest BCUT2D eigenvalue weighted by atomic mass is 10.0. The van der Waals surface area contributed by atoms with E-state index in [1.54, 1.807) is 18.2 Å². The van der Waals surface area contributed by atoms with Crippen molar-refractivity contribution in [2.75, 3.05) is 20.8 Å². The summed E-state index contributed by atoms with van der Waals surface area (Å²) in [6.07, 6.45) is 0.467. The Hall–Kier alpha value is -2.57. The molecule has 0 aliphatic carbocycles. The van der Waals surface area contributed by atoms with Crippen LogP contribution in [0.2, 0.25) is 0 Å². The number of methoxy groups -OCH3 is 2. The van der Waals surface area contributed by atoms with E-state index in [9.17, 15) is 14.4 Å². The van der Waals surface area contributed by atoms with Crippen molar-refractivity contribution in [3.8, 4) is 11.5 Å². The molecule has 0 heterocycles. The van der Waals surface area contributed by atoms with Gasteiger partial charge < -0.3 is 19.5 Å². The summed E-state index contributed by atoms with van der Waals surface area (Å²) in [4.78, 5) is 35.2. The zero-order valence-electron chi connectivity index (χ0n) is 15.3. The molecule has 0 fully saturated rings. The van der Waals surface area contributed by atoms with Crippen molar-refractivity contribution in [1.29, 1.82) is 0 Å². The Labute approximate surface area is 147 Å². The second kappa shape index (κ2) is 9.66. The Bertz CT molecular complexity index is 626. The molecular formula is C18H25NO6. The molecule has 25 heavy (non-hydrogen) atoms. The maximum Gasteiger partial charge on any atom is 0.328 e. The molecule has 0 bridgehead atoms. The van der Waals surface area contributed by atoms with E-state index in [0.29, 0.717) is 23.5 Å². The highest BCUT2D eigenvalue weighted by Gasteiger charge is 2.23. The standard InChI is InChI=1S/C18H25NO6/c1-11(2)8-14(18(22)24-5)19-17(21)10-25-15-7-6-13(12(3)20)9-16(15)23-4/h6-7,9,11,14H,8,10H2,1-5H3,(H,19,21)/t14-/m1/s1. The maximum absolute atomic E-state index is 12.1. The van der Waals surface area contributed by atoms with Crippen LogP contribution in [0.25, 0.3) is 0 Å². The van der Waals surface area contributed by atoms with Gasteiger partial charge in [-0.1, -0.05) is 13.8 Å². The minimum atomic E-state index is -0.719. The lowest BCUT2D eigenvalue weighted by molar-refractivity contribution is -0.145. The molecule has 1 atom stereocenters. The molecule has 0 radical (unpaired) electrons. The van der Waals surface area contributed by atoms with E-state index in [-0.39, 0.29) is 18.3 Å². The lowest BCUT2D eigenvalue weighted by Gasteiger charge is -2.18. The molecule has 0 aliphatic heterocycles. The van der Waals surface area contributed by atoms with Crippen LogP contribution in [0.4, 0.5) is 0 Å². The molecule has 1 aromatic rings. The first kappa shape index (κ1) is 20.5. The number of hydrogen-bond acceptors (Lipinski definition) is 6. The minimum absolute atomic E-state index is 0.0998. The van der Waals surface area contributed by atoms with Gasteiger partial charge in [-0.2, -0.15) is 0 Å². The Morgan fingerprint density at radius 3 is 2.32 bits per heavy atom. The monoisotopic (exact) mass is 351 g/mol. The Morgan fingerprint density at radius 2 is 1.80 bits per heavy atom. The van der Waals surface area contributed by atoms with Crippen molar-refractivity contribution in [1.82, 2.24) is 5.32 Å². The van der Waals surface area contributed by atoms with E-state index < -0.39 is 17.9 Å². The predicted molar refractivity (Wildman–Crippen MR) is 91.9 cm³/mol. The Morgan fingerprint density at radius 1 is 1.12 bits per heavy atom. The van der Waals surface area contributed by atoms with E-state index in [4.69, 9.17) is 14.2 Å². The number of esters is 1. The van der Waals surface area contributed by atoms with Crippen molar-refractivity contribution >= 4 is 17.7 Å². The van der Waals surface area contributed by atoms with Crippen LogP contribution in [0.3, 0.4) is 0 Å². The molecule has 0 aromatic heterocycles. The highest BCUT2D eigenvalue weighted by atomic mass is 16.5. The summed E-state index contributed by atoms with van der Waals surface area (Å²) in [6, 6.07) is 3.98. The summed E-state index contributed by atoms with van der Waals surface area (Å²) in [5.41, 5.74) is 0.483. The lowest BCUT2D eigenvalue weighted by Crippen LogP contribution is -2.44. The number of carbonyl (C=O) groups excluding carboxylic acids is 3. The second-order valence-electron chi connectivity index (χ2n) is 5.98. The number of benzene rings is 1. The van der Waals surface area contributed by atoms with Crippen LogP contribution in [0.1, 0.15) is 37.6 Å². The van der Waals surface area contributed by atoms with Crippen molar-refractivity contribution in [3.05, 3.63) is 23.8 Å². The summed E-state index contributed by atoms with van der Waals surface area (Å²) in [5, 5.41) is 2.60. The van der Waals surface area contributed by atoms with Crippen LogP contribution in [-0.4, -0.2) is 44.5 Å². The van der Waals surface area contributed by atoms with Gasteiger partial charge >= 0.3 is 5.97 Å². The van der Waals surface area contributed by atoms with Gasteiger partial charge in [-0.05, 0) is 37.5 Å². The number of nitrogens with one attached hydrogen (secondary N) is 1. The minimum Gasteiger partial charge on any atom is -0.493 e. The molecule has 0 spiro atoms. The van der Waals surface area contributed by atoms with Crippen LogP contribution in [0.15, 0.2) is 18.2 Å². The summed E-state index contributed by atoms with van der Waals surface area (Å²) in [5.74, 6) is -0.144. The van der Waals surface area contributed by atoms with E-state index >= 15 is 0 Å². The van der Waals surface area contributed by atoms with Crippen molar-refractivity contribution in [2.24, 2.45) is 5.92 Å². The molecule has 7 heteroatoms. The fraction of sp³-hybridized carbons (Fsp3) is 0.500. The largest absolute Gasteiger partial charge is 0.493 e. The normalized spacial score (nSPS) is 11.6. The molecule has 7 nitrogen and oxygen atoms in total. The average Bonchev–Trinajstić information content (AvgIpc) is 2.57. The van der Waals surface area contributed by atoms with Gasteiger partial charge in [-0.3, -0.25) is 9.59 Å². The van der Waals surface area contributed by atoms with Gasteiger partial charge in [0.05, 0.1) is 14.2 Å². The quantitative estimate of drug-likeness (QED) is 0.540. The average molecular weight is 351 g/mol. The number of ether oxygens (including phenoxy) is 3. The third-order valence-electron chi connectivity index (χ3n) is 3.46. The molecule has 1 rings (SSSR count). The van der Waals surface area contributed by atoms with Gasteiger partial charge in [0.1, 0.15) is 6.04 Å². The van der Waals surface area contributed by atoms with E-state index in [2.05, 4.69) is 5.32 Å². The third-order valence-corrected chi connectivity index (χ3v) is 3.46. The summed E-state index contributed by atoms with van der Waals surface area (Å²) < 4.78 is 15.3. The molecular weight excluding hydrogens is 326 g/mol. The molecule has 1 aromatic carbocycles. The van der Waals surface area contributed by atoms with E-state index in [1.807, 2.05) is 13.8 Å². The number of Topliss-reactive ketones (excluding diaryl/α,β-unsaturated/α-hetero) is 1. The van der Waals surface area contributed by atoms with E-state index in [1.165, 1.54) is 21.1 Å². The van der Waals surface area contributed by atoms with Gasteiger partial charge in [0, 0.05) is 5.56 Å². The summed E-state index contributed by atoms with van der Waals surface area (Å²) in [6.45, 7) is 5.05. The highest BCUT2D eigenvalue weighted by Crippen LogP contribution is 2.28. The molecule has 138 valence electrons. The van der Waals surface area contributed by atoms with Gasteiger partial charge in [0.25, 0.3) is 5.91 Å². The molecule has 0 aliphatic rings. The topological polar surface area (TPSA) is 90.9 Å².